The van der Waals surface area contributed by atoms with E-state index < -0.39 is 11.6 Å². The summed E-state index contributed by atoms with van der Waals surface area (Å²) in [7, 11) is 0. The largest absolute Gasteiger partial charge is 0.465 e. The number of ketones is 1. The molecule has 2 unspecified atom stereocenters. The van der Waals surface area contributed by atoms with Gasteiger partial charge in [0.15, 0.2) is 5.78 Å². The van der Waals surface area contributed by atoms with Gasteiger partial charge in [-0.05, 0) is 58.6 Å². The molecule has 3 rings (SSSR count). The summed E-state index contributed by atoms with van der Waals surface area (Å²) in [5.41, 5.74) is 0.107. The van der Waals surface area contributed by atoms with E-state index in [0.29, 0.717) is 5.56 Å². The van der Waals surface area contributed by atoms with E-state index in [0.717, 1.165) is 31.5 Å². The fourth-order valence-electron chi connectivity index (χ4n) is 4.50. The minimum atomic E-state index is -0.850. The van der Waals surface area contributed by atoms with Crippen LogP contribution in [0.15, 0.2) is 18.3 Å². The molecular formula is C19H26ClN3O3. The number of Topliss-reactive ketones (excluding diaryl/α,β-unsaturated/α-hetero) is 1. The van der Waals surface area contributed by atoms with Crippen LogP contribution in [-0.2, 0) is 0 Å². The van der Waals surface area contributed by atoms with E-state index in [4.69, 9.17) is 11.6 Å². The van der Waals surface area contributed by atoms with Crippen LogP contribution in [0.4, 0.5) is 10.6 Å². The van der Waals surface area contributed by atoms with Gasteiger partial charge >= 0.3 is 6.09 Å². The summed E-state index contributed by atoms with van der Waals surface area (Å²) in [5.74, 6) is 0.685. The number of amides is 1. The van der Waals surface area contributed by atoms with Crippen molar-refractivity contribution in [1.82, 2.24) is 9.88 Å². The summed E-state index contributed by atoms with van der Waals surface area (Å²) in [5, 5.41) is 9.70. The third-order valence-corrected chi connectivity index (χ3v) is 5.70. The fourth-order valence-corrected chi connectivity index (χ4v) is 4.66. The quantitative estimate of drug-likeness (QED) is 0.636. The van der Waals surface area contributed by atoms with Gasteiger partial charge in [-0.25, -0.2) is 9.78 Å². The summed E-state index contributed by atoms with van der Waals surface area (Å²) in [6.45, 7) is 5.84. The number of fused-ring (bicyclic) bond motifs is 2. The number of hydrogen-bond donors (Lipinski definition) is 1. The zero-order valence-corrected chi connectivity index (χ0v) is 16.2. The summed E-state index contributed by atoms with van der Waals surface area (Å²) in [4.78, 5) is 31.9. The lowest BCUT2D eigenvalue weighted by Crippen LogP contribution is -2.57. The predicted molar refractivity (Wildman–Crippen MR) is 101 cm³/mol. The molecule has 7 heteroatoms. The van der Waals surface area contributed by atoms with E-state index in [1.807, 2.05) is 26.8 Å². The number of carbonyl (C=O) groups excluding carboxylic acids is 1. The predicted octanol–water partition coefficient (Wildman–Crippen LogP) is 3.78. The molecule has 0 aliphatic carbocycles. The SMILES string of the molecule is CC(C)(C)N(C(=O)O)C1CC2CCC(C1)N2c1ccc(C(=O)CCl)cn1. The Balaban J connectivity index is 1.79. The highest BCUT2D eigenvalue weighted by molar-refractivity contribution is 6.30. The van der Waals surface area contributed by atoms with E-state index in [9.17, 15) is 14.7 Å². The normalized spacial score (nSPS) is 25.2. The molecule has 1 aromatic heterocycles. The average Bonchev–Trinajstić information content (AvgIpc) is 2.83. The maximum absolute atomic E-state index is 11.8. The molecule has 1 amide bonds. The highest BCUT2D eigenvalue weighted by Gasteiger charge is 2.46. The van der Waals surface area contributed by atoms with Crippen molar-refractivity contribution in [2.24, 2.45) is 0 Å². The number of piperidine rings is 1. The van der Waals surface area contributed by atoms with Crippen LogP contribution in [0.5, 0.6) is 0 Å². The number of anilines is 1. The second-order valence-electron chi connectivity index (χ2n) is 8.20. The zero-order chi connectivity index (χ0) is 19.1. The van der Waals surface area contributed by atoms with Crippen LogP contribution < -0.4 is 4.90 Å². The van der Waals surface area contributed by atoms with Gasteiger partial charge < -0.3 is 14.9 Å². The van der Waals surface area contributed by atoms with Gasteiger partial charge in [0.1, 0.15) is 5.82 Å². The molecule has 0 radical (unpaired) electrons. The van der Waals surface area contributed by atoms with Crippen LogP contribution in [0.2, 0.25) is 0 Å². The maximum Gasteiger partial charge on any atom is 0.407 e. The van der Waals surface area contributed by atoms with Gasteiger partial charge in [-0.2, -0.15) is 0 Å². The first-order valence-electron chi connectivity index (χ1n) is 9.08. The fraction of sp³-hybridized carbons (Fsp3) is 0.632. The molecule has 0 saturated carbocycles. The number of carbonyl (C=O) groups is 2. The zero-order valence-electron chi connectivity index (χ0n) is 15.5. The molecule has 1 aromatic rings. The first-order chi connectivity index (χ1) is 12.2. The number of halogens is 1. The van der Waals surface area contributed by atoms with Crippen LogP contribution in [0.3, 0.4) is 0 Å². The first kappa shape index (κ1) is 19.0. The van der Waals surface area contributed by atoms with Gasteiger partial charge in [0.25, 0.3) is 0 Å². The number of nitrogens with zero attached hydrogens (tertiary/aromatic N) is 3. The minimum Gasteiger partial charge on any atom is -0.465 e. The molecule has 0 spiro atoms. The van der Waals surface area contributed by atoms with Crippen LogP contribution >= 0.6 is 11.6 Å². The number of rotatable bonds is 4. The van der Waals surface area contributed by atoms with Crippen molar-refractivity contribution in [3.8, 4) is 0 Å². The number of aromatic nitrogens is 1. The number of alkyl halides is 1. The Hall–Kier alpha value is -1.82. The third kappa shape index (κ3) is 3.52. The van der Waals surface area contributed by atoms with Crippen molar-refractivity contribution in [1.29, 1.82) is 0 Å². The Labute approximate surface area is 159 Å². The molecule has 2 aliphatic heterocycles. The summed E-state index contributed by atoms with van der Waals surface area (Å²) in [6.07, 6.45) is 4.45. The lowest BCUT2D eigenvalue weighted by atomic mass is 9.92. The molecule has 2 saturated heterocycles. The third-order valence-electron chi connectivity index (χ3n) is 5.46. The monoisotopic (exact) mass is 379 g/mol. The van der Waals surface area contributed by atoms with Gasteiger partial charge in [0.2, 0.25) is 0 Å². The van der Waals surface area contributed by atoms with Crippen LogP contribution in [-0.4, -0.2) is 56.4 Å². The standard InChI is InChI=1S/C19H26ClN3O3/c1-19(2,3)23(18(25)26)15-8-13-5-6-14(9-15)22(13)17-7-4-12(11-21-17)16(24)10-20/h4,7,11,13-15H,5-6,8-10H2,1-3H3,(H,25,26). The molecular weight excluding hydrogens is 354 g/mol. The summed E-state index contributed by atoms with van der Waals surface area (Å²) in [6, 6.07) is 4.25. The molecule has 2 atom stereocenters. The summed E-state index contributed by atoms with van der Waals surface area (Å²) < 4.78 is 0. The van der Waals surface area contributed by atoms with Gasteiger partial charge in [-0.3, -0.25) is 4.79 Å². The molecule has 142 valence electrons. The second-order valence-corrected chi connectivity index (χ2v) is 8.47. The lowest BCUT2D eigenvalue weighted by Gasteiger charge is -2.47. The minimum absolute atomic E-state index is 0.0262. The van der Waals surface area contributed by atoms with Crippen LogP contribution in [0.25, 0.3) is 0 Å². The molecule has 0 aromatic carbocycles. The van der Waals surface area contributed by atoms with E-state index in [2.05, 4.69) is 9.88 Å². The lowest BCUT2D eigenvalue weighted by molar-refractivity contribution is 0.0558. The molecule has 2 bridgehead atoms. The van der Waals surface area contributed by atoms with E-state index in [1.165, 1.54) is 0 Å². The number of carboxylic acid groups (broad SMARTS) is 1. The highest BCUT2D eigenvalue weighted by atomic mass is 35.5. The molecule has 6 nitrogen and oxygen atoms in total. The van der Waals surface area contributed by atoms with Crippen molar-refractivity contribution in [2.75, 3.05) is 10.8 Å². The van der Waals surface area contributed by atoms with E-state index in [1.54, 1.807) is 17.2 Å². The van der Waals surface area contributed by atoms with Crippen molar-refractivity contribution >= 4 is 29.3 Å². The van der Waals surface area contributed by atoms with Gasteiger partial charge in [0, 0.05) is 35.4 Å². The van der Waals surface area contributed by atoms with Crippen molar-refractivity contribution < 1.29 is 14.7 Å². The molecule has 1 N–H and O–H groups in total. The Morgan fingerprint density at radius 3 is 2.31 bits per heavy atom. The molecule has 26 heavy (non-hydrogen) atoms. The smallest absolute Gasteiger partial charge is 0.407 e. The highest BCUT2D eigenvalue weighted by Crippen LogP contribution is 2.41. The van der Waals surface area contributed by atoms with Crippen molar-refractivity contribution in [2.45, 2.75) is 70.1 Å². The Kier molecular flexibility index (Phi) is 5.15. The first-order valence-corrected chi connectivity index (χ1v) is 9.61. The van der Waals surface area contributed by atoms with Gasteiger partial charge in [-0.1, -0.05) is 0 Å². The topological polar surface area (TPSA) is 73.7 Å². The van der Waals surface area contributed by atoms with E-state index in [-0.39, 0.29) is 29.8 Å². The van der Waals surface area contributed by atoms with Crippen LogP contribution in [0.1, 0.15) is 56.8 Å². The van der Waals surface area contributed by atoms with Crippen LogP contribution in [0, 0.1) is 0 Å². The maximum atomic E-state index is 11.8. The molecule has 2 fully saturated rings. The van der Waals surface area contributed by atoms with E-state index >= 15 is 0 Å². The Morgan fingerprint density at radius 2 is 1.88 bits per heavy atom. The number of hydrogen-bond acceptors (Lipinski definition) is 4. The Bertz CT molecular complexity index is 672. The van der Waals surface area contributed by atoms with Gasteiger partial charge in [-0.15, -0.1) is 11.6 Å². The van der Waals surface area contributed by atoms with Crippen molar-refractivity contribution in [3.05, 3.63) is 23.9 Å². The Morgan fingerprint density at radius 1 is 1.27 bits per heavy atom. The average molecular weight is 380 g/mol. The molecule has 3 heterocycles. The molecule has 2 aliphatic rings. The van der Waals surface area contributed by atoms with Crippen molar-refractivity contribution in [3.63, 3.8) is 0 Å². The second kappa shape index (κ2) is 7.06. The summed E-state index contributed by atoms with van der Waals surface area (Å²) >= 11 is 5.60. The van der Waals surface area contributed by atoms with Gasteiger partial charge in [0.05, 0.1) is 5.88 Å². The number of pyridine rings is 1.